The van der Waals surface area contributed by atoms with Gasteiger partial charge in [0.1, 0.15) is 5.82 Å². The Kier molecular flexibility index (Phi) is 6.46. The number of methoxy groups -OCH3 is 1. The van der Waals surface area contributed by atoms with E-state index in [1.807, 2.05) is 0 Å². The summed E-state index contributed by atoms with van der Waals surface area (Å²) in [6.07, 6.45) is 2.36. The van der Waals surface area contributed by atoms with E-state index in [0.717, 1.165) is 11.8 Å². The molecule has 0 aliphatic carbocycles. The Bertz CT molecular complexity index is 432. The fourth-order valence-corrected chi connectivity index (χ4v) is 2.16. The molecule has 18 heavy (non-hydrogen) atoms. The van der Waals surface area contributed by atoms with Crippen molar-refractivity contribution >= 4 is 23.8 Å². The first-order chi connectivity index (χ1) is 8.63. The SMILES string of the molecule is COCCSCc1ccc(/C=C/C(=O)O)cc1F. The number of rotatable bonds is 7. The lowest BCUT2D eigenvalue weighted by Gasteiger charge is -2.04. The summed E-state index contributed by atoms with van der Waals surface area (Å²) in [7, 11) is 1.63. The first kappa shape index (κ1) is 14.7. The summed E-state index contributed by atoms with van der Waals surface area (Å²) in [5.74, 6) is 0.0383. The summed E-state index contributed by atoms with van der Waals surface area (Å²) in [6.45, 7) is 0.645. The molecule has 0 radical (unpaired) electrons. The third kappa shape index (κ3) is 5.33. The number of benzene rings is 1. The molecule has 0 fully saturated rings. The Morgan fingerprint density at radius 2 is 2.33 bits per heavy atom. The molecule has 1 rings (SSSR count). The first-order valence-electron chi connectivity index (χ1n) is 5.39. The van der Waals surface area contributed by atoms with Crippen molar-refractivity contribution in [3.8, 4) is 0 Å². The second kappa shape index (κ2) is 7.89. The molecule has 0 unspecified atom stereocenters. The van der Waals surface area contributed by atoms with E-state index in [1.165, 1.54) is 12.1 Å². The van der Waals surface area contributed by atoms with Crippen LogP contribution in [0.5, 0.6) is 0 Å². The molecule has 0 saturated carbocycles. The average Bonchev–Trinajstić information content (AvgIpc) is 2.34. The number of thioether (sulfide) groups is 1. The first-order valence-corrected chi connectivity index (χ1v) is 6.55. The summed E-state index contributed by atoms with van der Waals surface area (Å²) in [5, 5.41) is 8.47. The van der Waals surface area contributed by atoms with Gasteiger partial charge in [-0.15, -0.1) is 0 Å². The molecule has 0 saturated heterocycles. The van der Waals surface area contributed by atoms with Crippen LogP contribution in [0.2, 0.25) is 0 Å². The lowest BCUT2D eigenvalue weighted by Crippen LogP contribution is -1.94. The van der Waals surface area contributed by atoms with E-state index < -0.39 is 5.97 Å². The zero-order valence-corrected chi connectivity index (χ0v) is 10.9. The third-order valence-electron chi connectivity index (χ3n) is 2.18. The predicted octanol–water partition coefficient (Wildman–Crippen LogP) is 2.80. The number of carboxylic acid groups (broad SMARTS) is 1. The van der Waals surface area contributed by atoms with Gasteiger partial charge < -0.3 is 9.84 Å². The molecule has 0 aromatic heterocycles. The van der Waals surface area contributed by atoms with E-state index in [4.69, 9.17) is 9.84 Å². The number of ether oxygens (including phenoxy) is 1. The van der Waals surface area contributed by atoms with Crippen LogP contribution in [0.3, 0.4) is 0 Å². The summed E-state index contributed by atoms with van der Waals surface area (Å²) >= 11 is 1.59. The van der Waals surface area contributed by atoms with Crippen LogP contribution in [0.4, 0.5) is 4.39 Å². The summed E-state index contributed by atoms with van der Waals surface area (Å²) in [5.41, 5.74) is 1.16. The molecule has 0 spiro atoms. The smallest absolute Gasteiger partial charge is 0.328 e. The van der Waals surface area contributed by atoms with Crippen molar-refractivity contribution in [2.45, 2.75) is 5.75 Å². The minimum atomic E-state index is -1.05. The number of hydrogen-bond donors (Lipinski definition) is 1. The maximum atomic E-state index is 13.7. The van der Waals surface area contributed by atoms with Gasteiger partial charge in [-0.2, -0.15) is 11.8 Å². The highest BCUT2D eigenvalue weighted by Gasteiger charge is 2.03. The van der Waals surface area contributed by atoms with Gasteiger partial charge in [0.05, 0.1) is 6.61 Å². The van der Waals surface area contributed by atoms with Gasteiger partial charge in [0, 0.05) is 24.7 Å². The number of carboxylic acids is 1. The van der Waals surface area contributed by atoms with Crippen molar-refractivity contribution in [1.82, 2.24) is 0 Å². The molecule has 5 heteroatoms. The topological polar surface area (TPSA) is 46.5 Å². The van der Waals surface area contributed by atoms with Gasteiger partial charge >= 0.3 is 5.97 Å². The Morgan fingerprint density at radius 3 is 2.94 bits per heavy atom. The van der Waals surface area contributed by atoms with Gasteiger partial charge in [0.15, 0.2) is 0 Å². The molecule has 0 heterocycles. The van der Waals surface area contributed by atoms with Crippen LogP contribution < -0.4 is 0 Å². The highest BCUT2D eigenvalue weighted by atomic mass is 32.2. The minimum absolute atomic E-state index is 0.313. The van der Waals surface area contributed by atoms with Crippen molar-refractivity contribution in [3.63, 3.8) is 0 Å². The molecule has 0 bridgehead atoms. The van der Waals surface area contributed by atoms with Crippen LogP contribution in [-0.4, -0.2) is 30.5 Å². The molecule has 1 aromatic carbocycles. The fourth-order valence-electron chi connectivity index (χ4n) is 1.28. The Labute approximate surface area is 110 Å². The van der Waals surface area contributed by atoms with Crippen LogP contribution >= 0.6 is 11.8 Å². The normalized spacial score (nSPS) is 11.0. The highest BCUT2D eigenvalue weighted by Crippen LogP contribution is 2.17. The zero-order chi connectivity index (χ0) is 13.4. The van der Waals surface area contributed by atoms with E-state index >= 15 is 0 Å². The number of halogens is 1. The van der Waals surface area contributed by atoms with Gasteiger partial charge in [-0.1, -0.05) is 12.1 Å². The van der Waals surface area contributed by atoms with Crippen molar-refractivity contribution in [1.29, 1.82) is 0 Å². The Hall–Kier alpha value is -1.33. The van der Waals surface area contributed by atoms with Crippen molar-refractivity contribution in [2.75, 3.05) is 19.5 Å². The summed E-state index contributed by atoms with van der Waals surface area (Å²) in [4.78, 5) is 10.3. The monoisotopic (exact) mass is 270 g/mol. The summed E-state index contributed by atoms with van der Waals surface area (Å²) < 4.78 is 18.6. The standard InChI is InChI=1S/C13H15FO3S/c1-17-6-7-18-9-11-4-2-10(8-12(11)14)3-5-13(15)16/h2-5,8H,6-7,9H2,1H3,(H,15,16)/b5-3+. The van der Waals surface area contributed by atoms with Gasteiger partial charge in [0.25, 0.3) is 0 Å². The van der Waals surface area contributed by atoms with Crippen LogP contribution in [0.25, 0.3) is 6.08 Å². The molecule has 3 nitrogen and oxygen atoms in total. The molecule has 1 aromatic rings. The van der Waals surface area contributed by atoms with Gasteiger partial charge in [-0.25, -0.2) is 9.18 Å². The van der Waals surface area contributed by atoms with Crippen molar-refractivity contribution < 1.29 is 19.0 Å². The van der Waals surface area contributed by atoms with Gasteiger partial charge in [-0.3, -0.25) is 0 Å². The van der Waals surface area contributed by atoms with Crippen LogP contribution in [0.1, 0.15) is 11.1 Å². The van der Waals surface area contributed by atoms with Gasteiger partial charge in [-0.05, 0) is 23.3 Å². The Balaban J connectivity index is 2.59. The quantitative estimate of drug-likeness (QED) is 0.611. The average molecular weight is 270 g/mol. The molecule has 98 valence electrons. The molecule has 0 atom stereocenters. The highest BCUT2D eigenvalue weighted by molar-refractivity contribution is 7.98. The minimum Gasteiger partial charge on any atom is -0.478 e. The van der Waals surface area contributed by atoms with Crippen LogP contribution in [0.15, 0.2) is 24.3 Å². The molecule has 0 aliphatic heterocycles. The van der Waals surface area contributed by atoms with E-state index in [9.17, 15) is 9.18 Å². The van der Waals surface area contributed by atoms with Crippen molar-refractivity contribution in [2.24, 2.45) is 0 Å². The predicted molar refractivity (Wildman–Crippen MR) is 71.1 cm³/mol. The van der Waals surface area contributed by atoms with E-state index in [1.54, 1.807) is 31.0 Å². The number of aliphatic carboxylic acids is 1. The second-order valence-electron chi connectivity index (χ2n) is 3.57. The molecule has 0 aliphatic rings. The van der Waals surface area contributed by atoms with Crippen LogP contribution in [0, 0.1) is 5.82 Å². The Morgan fingerprint density at radius 1 is 1.56 bits per heavy atom. The van der Waals surface area contributed by atoms with Crippen LogP contribution in [-0.2, 0) is 15.3 Å². The van der Waals surface area contributed by atoms with Crippen molar-refractivity contribution in [3.05, 3.63) is 41.2 Å². The lowest BCUT2D eigenvalue weighted by molar-refractivity contribution is -0.131. The third-order valence-corrected chi connectivity index (χ3v) is 3.16. The summed E-state index contributed by atoms with van der Waals surface area (Å²) in [6, 6.07) is 4.72. The molecular formula is C13H15FO3S. The zero-order valence-electron chi connectivity index (χ0n) is 10.1. The second-order valence-corrected chi connectivity index (χ2v) is 4.67. The maximum absolute atomic E-state index is 13.7. The fraction of sp³-hybridized carbons (Fsp3) is 0.308. The van der Waals surface area contributed by atoms with E-state index in [2.05, 4.69) is 0 Å². The van der Waals surface area contributed by atoms with E-state index in [-0.39, 0.29) is 5.82 Å². The number of carbonyl (C=O) groups is 1. The maximum Gasteiger partial charge on any atom is 0.328 e. The molecule has 1 N–H and O–H groups in total. The molecule has 0 amide bonds. The largest absolute Gasteiger partial charge is 0.478 e. The lowest BCUT2D eigenvalue weighted by atomic mass is 10.1. The number of hydrogen-bond acceptors (Lipinski definition) is 3. The van der Waals surface area contributed by atoms with Gasteiger partial charge in [0.2, 0.25) is 0 Å². The molecular weight excluding hydrogens is 255 g/mol. The van der Waals surface area contributed by atoms with E-state index in [0.29, 0.717) is 23.5 Å².